The molecule has 0 N–H and O–H groups in total. The summed E-state index contributed by atoms with van der Waals surface area (Å²) in [5.74, 6) is 0.231. The summed E-state index contributed by atoms with van der Waals surface area (Å²) >= 11 is 0. The molecule has 3 aromatic rings. The summed E-state index contributed by atoms with van der Waals surface area (Å²) in [6, 6.07) is 17.8. The Hall–Kier alpha value is -1.34. The molecular formula is C28H28Cl2NZr. The van der Waals surface area contributed by atoms with Crippen LogP contribution in [0.5, 0.6) is 0 Å². The molecule has 0 fully saturated rings. The first-order chi connectivity index (χ1) is 13.8. The standard InChI is InChI=1S/C28H28N.2ClH.Zr/c1-17(2)18-15-22(23(16-18)28(3,4)5)25-19-11-7-8-12-20(19)27-26(25)21-13-9-10-14-24(21)29(27)6;;;/h7-14,16,25H,1-6H3;2*1H;/q-1;;;+3/p-2. The molecule has 32 heavy (non-hydrogen) atoms. The van der Waals surface area contributed by atoms with Gasteiger partial charge in [0.15, 0.2) is 0 Å². The minimum Gasteiger partial charge on any atom is -1.00 e. The number of fused-ring (bicyclic) bond motifs is 5. The van der Waals surface area contributed by atoms with Gasteiger partial charge in [0.05, 0.1) is 5.69 Å². The third-order valence-electron chi connectivity index (χ3n) is 6.45. The van der Waals surface area contributed by atoms with E-state index >= 15 is 0 Å². The van der Waals surface area contributed by atoms with Crippen molar-refractivity contribution in [3.63, 3.8) is 0 Å². The zero-order chi connectivity index (χ0) is 20.5. The Bertz CT molecular complexity index is 1260. The molecule has 0 bridgehead atoms. The van der Waals surface area contributed by atoms with E-state index in [9.17, 15) is 0 Å². The fourth-order valence-electron chi connectivity index (χ4n) is 5.05. The number of hydrogen-bond donors (Lipinski definition) is 0. The van der Waals surface area contributed by atoms with Crippen LogP contribution < -0.4 is 24.8 Å². The van der Waals surface area contributed by atoms with Crippen molar-refractivity contribution in [2.24, 2.45) is 12.5 Å². The first-order valence-corrected chi connectivity index (χ1v) is 10.5. The quantitative estimate of drug-likeness (QED) is 0.411. The maximum atomic E-state index is 3.84. The second-order valence-corrected chi connectivity index (χ2v) is 9.62. The van der Waals surface area contributed by atoms with Crippen LogP contribution in [0.1, 0.15) is 51.7 Å². The number of halogens is 2. The van der Waals surface area contributed by atoms with E-state index in [4.69, 9.17) is 0 Å². The van der Waals surface area contributed by atoms with Crippen LogP contribution >= 0.6 is 0 Å². The summed E-state index contributed by atoms with van der Waals surface area (Å²) in [5, 5.41) is 1.36. The van der Waals surface area contributed by atoms with Crippen LogP contribution in [0.25, 0.3) is 22.2 Å². The summed E-state index contributed by atoms with van der Waals surface area (Å²) in [4.78, 5) is 0. The van der Waals surface area contributed by atoms with Gasteiger partial charge >= 0.3 is 26.2 Å². The van der Waals surface area contributed by atoms with Gasteiger partial charge in [-0.15, -0.1) is 17.2 Å². The van der Waals surface area contributed by atoms with Crippen LogP contribution in [0, 0.1) is 11.5 Å². The maximum Gasteiger partial charge on any atom is 3.00 e. The number of hydrogen-bond acceptors (Lipinski definition) is 0. The number of nitrogens with zero attached hydrogens (tertiary/aromatic N) is 1. The molecule has 1 aromatic heterocycles. The molecule has 0 amide bonds. The maximum absolute atomic E-state index is 3.84. The van der Waals surface area contributed by atoms with Crippen LogP contribution in [-0.4, -0.2) is 4.57 Å². The third-order valence-corrected chi connectivity index (χ3v) is 6.45. The second-order valence-electron chi connectivity index (χ2n) is 9.62. The van der Waals surface area contributed by atoms with Gasteiger partial charge in [-0.2, -0.15) is 17.2 Å². The SMILES string of the molecule is CC(C)=C1[C-]=C(C2c3ccccc3-c3c2c2ccccc2n3C)C(C(C)(C)C)=C1.[Cl-].[Cl-].[Zr+3]. The molecule has 1 atom stereocenters. The van der Waals surface area contributed by atoms with Gasteiger partial charge in [-0.25, -0.2) is 0 Å². The van der Waals surface area contributed by atoms with E-state index in [1.54, 1.807) is 0 Å². The van der Waals surface area contributed by atoms with Crippen molar-refractivity contribution in [3.8, 4) is 11.3 Å². The smallest absolute Gasteiger partial charge is 1.00 e. The normalized spacial score (nSPS) is 16.3. The predicted octanol–water partition coefficient (Wildman–Crippen LogP) is 1.35. The Kier molecular flexibility index (Phi) is 7.98. The molecule has 1 heterocycles. The topological polar surface area (TPSA) is 4.93 Å². The zero-order valence-electron chi connectivity index (χ0n) is 19.5. The molecule has 0 saturated heterocycles. The molecule has 4 heteroatoms. The molecule has 2 aliphatic rings. The van der Waals surface area contributed by atoms with E-state index in [0.717, 1.165) is 0 Å². The Morgan fingerprint density at radius 1 is 0.938 bits per heavy atom. The molecule has 1 unspecified atom stereocenters. The number of aromatic nitrogens is 1. The van der Waals surface area contributed by atoms with E-state index in [1.165, 1.54) is 55.6 Å². The first kappa shape index (κ1) is 26.9. The Morgan fingerprint density at radius 3 is 2.22 bits per heavy atom. The van der Waals surface area contributed by atoms with Crippen molar-refractivity contribution in [2.45, 2.75) is 40.5 Å². The van der Waals surface area contributed by atoms with Crippen molar-refractivity contribution in [3.05, 3.63) is 94.1 Å². The zero-order valence-corrected chi connectivity index (χ0v) is 23.4. The average Bonchev–Trinajstić information content (AvgIpc) is 3.33. The molecule has 163 valence electrons. The van der Waals surface area contributed by atoms with Crippen LogP contribution in [-0.2, 0) is 33.3 Å². The van der Waals surface area contributed by atoms with Crippen molar-refractivity contribution >= 4 is 10.9 Å². The van der Waals surface area contributed by atoms with E-state index in [0.29, 0.717) is 0 Å². The van der Waals surface area contributed by atoms with E-state index in [-0.39, 0.29) is 62.4 Å². The molecular weight excluding hydrogens is 512 g/mol. The Morgan fingerprint density at radius 2 is 1.56 bits per heavy atom. The number of para-hydroxylation sites is 1. The van der Waals surface area contributed by atoms with Crippen molar-refractivity contribution in [2.75, 3.05) is 0 Å². The van der Waals surface area contributed by atoms with Crippen molar-refractivity contribution in [1.82, 2.24) is 4.57 Å². The predicted molar refractivity (Wildman–Crippen MR) is 123 cm³/mol. The van der Waals surface area contributed by atoms with Crippen LogP contribution in [0.2, 0.25) is 0 Å². The summed E-state index contributed by atoms with van der Waals surface area (Å²) in [7, 11) is 2.20. The Balaban J connectivity index is 0.00000121. The number of rotatable bonds is 1. The summed E-state index contributed by atoms with van der Waals surface area (Å²) in [5.41, 5.74) is 12.3. The van der Waals surface area contributed by atoms with Gasteiger partial charge in [0, 0.05) is 29.4 Å². The summed E-state index contributed by atoms with van der Waals surface area (Å²) in [6.45, 7) is 11.3. The molecule has 0 aliphatic heterocycles. The monoisotopic (exact) mass is 538 g/mol. The Labute approximate surface area is 223 Å². The first-order valence-electron chi connectivity index (χ1n) is 10.5. The third kappa shape index (κ3) is 3.93. The van der Waals surface area contributed by atoms with Crippen molar-refractivity contribution < 1.29 is 51.0 Å². The number of benzene rings is 2. The number of allylic oxidation sites excluding steroid dienone is 6. The molecule has 5 rings (SSSR count). The fraction of sp³-hybridized carbons (Fsp3) is 0.286. The average molecular weight is 541 g/mol. The van der Waals surface area contributed by atoms with Gasteiger partial charge in [-0.3, -0.25) is 0 Å². The second kappa shape index (κ2) is 9.49. The van der Waals surface area contributed by atoms with E-state index < -0.39 is 0 Å². The fourth-order valence-corrected chi connectivity index (χ4v) is 5.05. The van der Waals surface area contributed by atoms with Gasteiger partial charge in [-0.1, -0.05) is 82.5 Å². The number of aryl methyl sites for hydroxylation is 1. The minimum atomic E-state index is 0. The van der Waals surface area contributed by atoms with Gasteiger partial charge in [-0.05, 0) is 17.2 Å². The molecule has 0 saturated carbocycles. The molecule has 2 aliphatic carbocycles. The van der Waals surface area contributed by atoms with Gasteiger partial charge in [0.25, 0.3) is 0 Å². The van der Waals surface area contributed by atoms with E-state index in [1.807, 2.05) is 0 Å². The van der Waals surface area contributed by atoms with Crippen LogP contribution in [0.3, 0.4) is 0 Å². The molecule has 0 spiro atoms. The summed E-state index contributed by atoms with van der Waals surface area (Å²) in [6.07, 6.45) is 6.21. The largest absolute Gasteiger partial charge is 3.00 e. The van der Waals surface area contributed by atoms with Crippen molar-refractivity contribution in [1.29, 1.82) is 0 Å². The molecule has 1 radical (unpaired) electrons. The summed E-state index contributed by atoms with van der Waals surface area (Å²) < 4.78 is 2.38. The van der Waals surface area contributed by atoms with E-state index in [2.05, 4.69) is 107 Å². The van der Waals surface area contributed by atoms with Gasteiger partial charge in [0.1, 0.15) is 0 Å². The van der Waals surface area contributed by atoms with Crippen LogP contribution in [0.4, 0.5) is 0 Å². The molecule has 2 aromatic carbocycles. The minimum absolute atomic E-state index is 0. The van der Waals surface area contributed by atoms with Crippen LogP contribution in [0.15, 0.2) is 76.9 Å². The van der Waals surface area contributed by atoms with Gasteiger partial charge < -0.3 is 29.4 Å². The molecule has 1 nitrogen and oxygen atoms in total. The van der Waals surface area contributed by atoms with Gasteiger partial charge in [0.2, 0.25) is 0 Å².